The molecule has 7 heterocycles. The minimum atomic E-state index is -0.645. The number of unbranched alkanes of at least 4 members (excludes halogenated alkanes) is 1. The van der Waals surface area contributed by atoms with E-state index in [1.807, 2.05) is 35.7 Å². The molecule has 3 aliphatic heterocycles. The van der Waals surface area contributed by atoms with Crippen molar-refractivity contribution in [2.45, 2.75) is 83.4 Å². The molecular weight excluding hydrogens is 769 g/mol. The van der Waals surface area contributed by atoms with Crippen LogP contribution in [0.1, 0.15) is 90.4 Å². The number of piperazine rings is 1. The van der Waals surface area contributed by atoms with Gasteiger partial charge in [0.15, 0.2) is 5.65 Å². The second-order valence-electron chi connectivity index (χ2n) is 16.0. The van der Waals surface area contributed by atoms with Crippen molar-refractivity contribution < 1.29 is 28.4 Å². The van der Waals surface area contributed by atoms with Gasteiger partial charge in [-0.1, -0.05) is 18.0 Å². The van der Waals surface area contributed by atoms with Gasteiger partial charge >= 0.3 is 6.03 Å². The largest absolute Gasteiger partial charge is 0.372 e. The summed E-state index contributed by atoms with van der Waals surface area (Å²) in [5.41, 5.74) is 12.6. The molecule has 4 aromatic heterocycles. The maximum atomic E-state index is 13.1. The summed E-state index contributed by atoms with van der Waals surface area (Å²) in [5, 5.41) is 11.0. The molecule has 18 nitrogen and oxygen atoms in total. The molecule has 0 radical (unpaired) electrons. The number of fused-ring (bicyclic) bond motifs is 2. The summed E-state index contributed by atoms with van der Waals surface area (Å²) in [6.07, 6.45) is 11.7. The van der Waals surface area contributed by atoms with E-state index in [1.165, 1.54) is 4.90 Å². The maximum absolute atomic E-state index is 13.1. The quantitative estimate of drug-likeness (QED) is 0.126. The SMILES string of the molecule is Cc1cc(N(C(N)=O)c2cnc3ccnn3c2C2CCCC2)cnc1-c1noc(COCCCCN2CCN(c3ccc4c(c3)CN(C3CCC(=O)NC3=O)C4=O)CC2)n1. The van der Waals surface area contributed by atoms with Crippen LogP contribution in [-0.2, 0) is 27.5 Å². The highest BCUT2D eigenvalue weighted by molar-refractivity contribution is 6.05. The van der Waals surface area contributed by atoms with Crippen LogP contribution in [0.25, 0.3) is 17.2 Å². The molecule has 5 amide bonds. The van der Waals surface area contributed by atoms with E-state index < -0.39 is 18.0 Å². The molecule has 18 heteroatoms. The Kier molecular flexibility index (Phi) is 11.0. The molecule has 1 aromatic carbocycles. The first-order valence-electron chi connectivity index (χ1n) is 20.8. The van der Waals surface area contributed by atoms with Gasteiger partial charge in [-0.25, -0.2) is 14.3 Å². The van der Waals surface area contributed by atoms with E-state index in [-0.39, 0.29) is 30.8 Å². The lowest BCUT2D eigenvalue weighted by atomic mass is 10.0. The zero-order valence-corrected chi connectivity index (χ0v) is 33.6. The number of nitrogens with zero attached hydrogens (tertiary/aromatic N) is 10. The molecule has 1 atom stereocenters. The Balaban J connectivity index is 0.731. The Hall–Kier alpha value is -6.27. The van der Waals surface area contributed by atoms with Crippen molar-refractivity contribution in [1.82, 2.24) is 44.8 Å². The Bertz CT molecular complexity index is 2430. The number of hydrogen-bond acceptors (Lipinski definition) is 13. The first-order valence-corrected chi connectivity index (χ1v) is 20.8. The minimum absolute atomic E-state index is 0.154. The number of imide groups is 1. The van der Waals surface area contributed by atoms with Crippen LogP contribution in [0.5, 0.6) is 0 Å². The normalized spacial score (nSPS) is 18.8. The Morgan fingerprint density at radius 3 is 2.63 bits per heavy atom. The number of rotatable bonds is 13. The molecule has 1 aliphatic carbocycles. The van der Waals surface area contributed by atoms with E-state index in [9.17, 15) is 19.2 Å². The zero-order chi connectivity index (χ0) is 41.3. The number of hydrogen-bond donors (Lipinski definition) is 2. The first-order chi connectivity index (χ1) is 29.2. The molecule has 3 N–H and O–H groups in total. The van der Waals surface area contributed by atoms with Gasteiger partial charge in [0, 0.05) is 69.0 Å². The molecule has 60 heavy (non-hydrogen) atoms. The topological polar surface area (TPSA) is 211 Å². The van der Waals surface area contributed by atoms with E-state index in [0.717, 1.165) is 99.4 Å². The highest BCUT2D eigenvalue weighted by Crippen LogP contribution is 2.41. The standard InChI is InChI=1S/C42H48N12O6/c1-26-20-30(53(42(43)58)33-23-44-34-12-13-46-54(34)38(33)27-6-2-3-7-27)22-45-37(26)39-48-36(60-49-39)25-59-19-5-4-14-50-15-17-51(18-16-50)29-8-9-31-28(21-29)24-52(41(31)57)32-10-11-35(55)47-40(32)56/h8-9,12-13,20-23,27,32H,2-7,10-11,14-19,24-25H2,1H3,(H2,43,58)(H,47,55,56). The van der Waals surface area contributed by atoms with Crippen molar-refractivity contribution in [1.29, 1.82) is 0 Å². The Labute approximate surface area is 346 Å². The first kappa shape index (κ1) is 39.2. The number of carbonyl (C=O) groups excluding carboxylic acids is 4. The summed E-state index contributed by atoms with van der Waals surface area (Å²) < 4.78 is 13.2. The number of anilines is 3. The van der Waals surface area contributed by atoms with Crippen molar-refractivity contribution in [3.8, 4) is 11.5 Å². The highest BCUT2D eigenvalue weighted by atomic mass is 16.5. The van der Waals surface area contributed by atoms with E-state index in [2.05, 4.69) is 46.4 Å². The number of aromatic nitrogens is 6. The summed E-state index contributed by atoms with van der Waals surface area (Å²) in [6.45, 7) is 7.56. The molecular formula is C42H48N12O6. The van der Waals surface area contributed by atoms with Crippen molar-refractivity contribution in [3.05, 3.63) is 77.2 Å². The van der Waals surface area contributed by atoms with Gasteiger partial charge in [0.25, 0.3) is 11.8 Å². The number of primary amides is 1. The fourth-order valence-electron chi connectivity index (χ4n) is 9.03. The summed E-state index contributed by atoms with van der Waals surface area (Å²) in [4.78, 5) is 71.7. The molecule has 1 unspecified atom stereocenters. The van der Waals surface area contributed by atoms with E-state index >= 15 is 0 Å². The summed E-state index contributed by atoms with van der Waals surface area (Å²) in [7, 11) is 0. The number of amides is 5. The fourth-order valence-corrected chi connectivity index (χ4v) is 9.03. The van der Waals surface area contributed by atoms with Crippen LogP contribution < -0.4 is 20.9 Å². The Morgan fingerprint density at radius 2 is 1.85 bits per heavy atom. The van der Waals surface area contributed by atoms with Crippen LogP contribution >= 0.6 is 0 Å². The predicted molar refractivity (Wildman–Crippen MR) is 218 cm³/mol. The molecule has 2 saturated heterocycles. The Morgan fingerprint density at radius 1 is 1.02 bits per heavy atom. The maximum Gasteiger partial charge on any atom is 0.324 e. The van der Waals surface area contributed by atoms with E-state index in [4.69, 9.17) is 15.0 Å². The van der Waals surface area contributed by atoms with Gasteiger partial charge in [-0.2, -0.15) is 10.1 Å². The number of urea groups is 1. The molecule has 0 spiro atoms. The van der Waals surface area contributed by atoms with Crippen LogP contribution in [0.4, 0.5) is 21.9 Å². The lowest BCUT2D eigenvalue weighted by molar-refractivity contribution is -0.136. The van der Waals surface area contributed by atoms with Gasteiger partial charge in [0.05, 0.1) is 35.7 Å². The van der Waals surface area contributed by atoms with Crippen molar-refractivity contribution in [2.24, 2.45) is 5.73 Å². The summed E-state index contributed by atoms with van der Waals surface area (Å²) in [6, 6.07) is 8.35. The lowest BCUT2D eigenvalue weighted by Gasteiger charge is -2.36. The van der Waals surface area contributed by atoms with Gasteiger partial charge in [0.1, 0.15) is 18.3 Å². The summed E-state index contributed by atoms with van der Waals surface area (Å²) in [5.74, 6) is 0.0703. The number of nitrogens with one attached hydrogen (secondary N) is 1. The molecule has 1 saturated carbocycles. The third kappa shape index (κ3) is 7.79. The van der Waals surface area contributed by atoms with Crippen LogP contribution in [0.2, 0.25) is 0 Å². The number of piperidine rings is 1. The van der Waals surface area contributed by atoms with Crippen molar-refractivity contribution in [2.75, 3.05) is 49.1 Å². The molecule has 4 aliphatic rings. The third-order valence-corrected chi connectivity index (χ3v) is 12.1. The van der Waals surface area contributed by atoms with Gasteiger partial charge in [-0.3, -0.25) is 34.5 Å². The van der Waals surface area contributed by atoms with Gasteiger partial charge in [-0.05, 0) is 81.0 Å². The number of pyridine rings is 1. The number of carbonyl (C=O) groups is 4. The van der Waals surface area contributed by atoms with Gasteiger partial charge in [-0.15, -0.1) is 0 Å². The van der Waals surface area contributed by atoms with Crippen LogP contribution in [0, 0.1) is 6.92 Å². The number of benzene rings is 1. The van der Waals surface area contributed by atoms with E-state index in [1.54, 1.807) is 23.5 Å². The second kappa shape index (κ2) is 16.8. The van der Waals surface area contributed by atoms with Gasteiger partial charge < -0.3 is 24.8 Å². The van der Waals surface area contributed by atoms with Crippen molar-refractivity contribution >= 4 is 46.5 Å². The highest BCUT2D eigenvalue weighted by Gasteiger charge is 2.39. The smallest absolute Gasteiger partial charge is 0.324 e. The van der Waals surface area contributed by atoms with E-state index in [0.29, 0.717) is 53.9 Å². The number of ether oxygens (including phenoxy) is 1. The molecule has 0 bridgehead atoms. The number of aryl methyl sites for hydroxylation is 1. The average molecular weight is 817 g/mol. The van der Waals surface area contributed by atoms with Crippen molar-refractivity contribution in [3.63, 3.8) is 0 Å². The number of nitrogens with two attached hydrogens (primary N) is 1. The monoisotopic (exact) mass is 816 g/mol. The fraction of sp³-hybridized carbons (Fsp3) is 0.452. The van der Waals surface area contributed by atoms with Gasteiger partial charge in [0.2, 0.25) is 17.6 Å². The zero-order valence-electron chi connectivity index (χ0n) is 33.6. The second-order valence-corrected chi connectivity index (χ2v) is 16.0. The van der Waals surface area contributed by atoms with Crippen LogP contribution in [0.15, 0.2) is 53.4 Å². The summed E-state index contributed by atoms with van der Waals surface area (Å²) >= 11 is 0. The third-order valence-electron chi connectivity index (χ3n) is 12.1. The average Bonchev–Trinajstić information content (AvgIpc) is 4.08. The molecule has 5 aromatic rings. The van der Waals surface area contributed by atoms with Crippen LogP contribution in [0.3, 0.4) is 0 Å². The van der Waals surface area contributed by atoms with Crippen LogP contribution in [-0.4, -0.2) is 109 Å². The minimum Gasteiger partial charge on any atom is -0.372 e. The molecule has 9 rings (SSSR count). The lowest BCUT2D eigenvalue weighted by Crippen LogP contribution is -2.52. The predicted octanol–water partition coefficient (Wildman–Crippen LogP) is 4.24. The molecule has 3 fully saturated rings. The molecule has 312 valence electrons.